The number of nitrogens with one attached hydrogen (secondary N) is 1. The van der Waals surface area contributed by atoms with Crippen LogP contribution in [0.25, 0.3) is 0 Å². The minimum absolute atomic E-state index is 0.0299. The molecule has 1 N–H and O–H groups in total. The number of hydrogen-bond donors (Lipinski definition) is 1. The van der Waals surface area contributed by atoms with Crippen molar-refractivity contribution in [3.8, 4) is 0 Å². The van der Waals surface area contributed by atoms with Crippen LogP contribution in [0.15, 0.2) is 29.2 Å². The van der Waals surface area contributed by atoms with Gasteiger partial charge in [0.25, 0.3) is 5.91 Å². The van der Waals surface area contributed by atoms with Crippen molar-refractivity contribution in [1.82, 2.24) is 0 Å². The van der Waals surface area contributed by atoms with Gasteiger partial charge in [0.1, 0.15) is 6.10 Å². The van der Waals surface area contributed by atoms with E-state index in [9.17, 15) is 13.2 Å². The van der Waals surface area contributed by atoms with Crippen LogP contribution in [-0.4, -0.2) is 46.0 Å². The Morgan fingerprint density at radius 1 is 1.39 bits per heavy atom. The smallest absolute Gasteiger partial charge is 0.253 e. The van der Waals surface area contributed by atoms with Gasteiger partial charge in [-0.3, -0.25) is 4.79 Å². The lowest BCUT2D eigenvalue weighted by Gasteiger charge is -2.24. The zero-order chi connectivity index (χ0) is 16.9. The maximum atomic E-state index is 12.2. The molecule has 1 amide bonds. The first kappa shape index (κ1) is 17.9. The largest absolute Gasteiger partial charge is 0.376 e. The molecule has 0 saturated carbocycles. The lowest BCUT2D eigenvalue weighted by molar-refractivity contribution is -0.130. The average molecular weight is 341 g/mol. The van der Waals surface area contributed by atoms with Crippen LogP contribution in [-0.2, 0) is 24.1 Å². The molecule has 2 rings (SSSR count). The van der Waals surface area contributed by atoms with Gasteiger partial charge in [-0.25, -0.2) is 8.42 Å². The molecule has 2 atom stereocenters. The Hall–Kier alpha value is -1.44. The molecule has 0 spiro atoms. The van der Waals surface area contributed by atoms with Crippen LogP contribution in [0.2, 0.25) is 0 Å². The normalized spacial score (nSPS) is 20.0. The Bertz CT molecular complexity index is 638. The maximum Gasteiger partial charge on any atom is 0.253 e. The van der Waals surface area contributed by atoms with Crippen molar-refractivity contribution in [3.63, 3.8) is 0 Å². The molecule has 1 aromatic carbocycles. The number of rotatable bonds is 6. The average Bonchev–Trinajstić information content (AvgIpc) is 2.53. The van der Waals surface area contributed by atoms with Crippen molar-refractivity contribution in [2.45, 2.75) is 43.3 Å². The first-order chi connectivity index (χ1) is 10.9. The van der Waals surface area contributed by atoms with Gasteiger partial charge in [0.15, 0.2) is 9.84 Å². The standard InChI is InChI=1S/C16H23NO5S/c1-12(22-11-13-7-5-6-10-21-13)16(18)17-14-8-3-4-9-15(14)23(2,19)20/h3-4,8-9,12-13H,5-7,10-11H2,1-2H3,(H,17,18). The SMILES string of the molecule is CC(OCC1CCCCO1)C(=O)Nc1ccccc1S(C)(=O)=O. The van der Waals surface area contributed by atoms with E-state index < -0.39 is 15.9 Å². The zero-order valence-electron chi connectivity index (χ0n) is 13.4. The lowest BCUT2D eigenvalue weighted by atomic mass is 10.1. The van der Waals surface area contributed by atoms with Crippen molar-refractivity contribution in [2.75, 3.05) is 24.8 Å². The molecule has 1 aliphatic heterocycles. The minimum Gasteiger partial charge on any atom is -0.376 e. The molecular formula is C16H23NO5S. The van der Waals surface area contributed by atoms with E-state index in [2.05, 4.69) is 5.32 Å². The first-order valence-electron chi connectivity index (χ1n) is 7.71. The number of carbonyl (C=O) groups excluding carboxylic acids is 1. The van der Waals surface area contributed by atoms with Crippen molar-refractivity contribution < 1.29 is 22.7 Å². The Kier molecular flexibility index (Phi) is 6.15. The summed E-state index contributed by atoms with van der Waals surface area (Å²) in [5, 5.41) is 2.62. The summed E-state index contributed by atoms with van der Waals surface area (Å²) in [7, 11) is -3.41. The molecule has 0 aromatic heterocycles. The van der Waals surface area contributed by atoms with Gasteiger partial charge in [-0.1, -0.05) is 12.1 Å². The summed E-state index contributed by atoms with van der Waals surface area (Å²) >= 11 is 0. The summed E-state index contributed by atoms with van der Waals surface area (Å²) in [6, 6.07) is 6.32. The second kappa shape index (κ2) is 7.90. The van der Waals surface area contributed by atoms with Crippen LogP contribution < -0.4 is 5.32 Å². The molecule has 1 aromatic rings. The second-order valence-corrected chi connectivity index (χ2v) is 7.71. The van der Waals surface area contributed by atoms with Gasteiger partial charge in [0.05, 0.1) is 23.3 Å². The monoisotopic (exact) mass is 341 g/mol. The molecule has 1 heterocycles. The van der Waals surface area contributed by atoms with Crippen molar-refractivity contribution in [2.24, 2.45) is 0 Å². The van der Waals surface area contributed by atoms with E-state index in [-0.39, 0.29) is 22.6 Å². The molecular weight excluding hydrogens is 318 g/mol. The van der Waals surface area contributed by atoms with E-state index in [0.29, 0.717) is 6.61 Å². The van der Waals surface area contributed by atoms with E-state index in [0.717, 1.165) is 32.1 Å². The first-order valence-corrected chi connectivity index (χ1v) is 9.60. The number of para-hydroxylation sites is 1. The molecule has 1 aliphatic rings. The highest BCUT2D eigenvalue weighted by atomic mass is 32.2. The lowest BCUT2D eigenvalue weighted by Crippen LogP contribution is -2.33. The third kappa shape index (κ3) is 5.30. The fourth-order valence-corrected chi connectivity index (χ4v) is 3.24. The predicted octanol–water partition coefficient (Wildman–Crippen LogP) is 2.00. The zero-order valence-corrected chi connectivity index (χ0v) is 14.3. The molecule has 2 unspecified atom stereocenters. The fourth-order valence-electron chi connectivity index (χ4n) is 2.39. The number of amides is 1. The van der Waals surface area contributed by atoms with Gasteiger partial charge >= 0.3 is 0 Å². The minimum atomic E-state index is -3.41. The van der Waals surface area contributed by atoms with Gasteiger partial charge in [-0.05, 0) is 38.3 Å². The molecule has 0 radical (unpaired) electrons. The van der Waals surface area contributed by atoms with Crippen LogP contribution >= 0.6 is 0 Å². The van der Waals surface area contributed by atoms with Crippen LogP contribution in [0.5, 0.6) is 0 Å². The Labute approximate surface area is 137 Å². The number of carbonyl (C=O) groups is 1. The van der Waals surface area contributed by atoms with Crippen LogP contribution in [0, 0.1) is 0 Å². The molecule has 0 aliphatic carbocycles. The summed E-state index contributed by atoms with van der Waals surface area (Å²) < 4.78 is 34.6. The number of anilines is 1. The number of benzene rings is 1. The molecule has 0 bridgehead atoms. The summed E-state index contributed by atoms with van der Waals surface area (Å²) in [4.78, 5) is 12.3. The highest BCUT2D eigenvalue weighted by Crippen LogP contribution is 2.21. The van der Waals surface area contributed by atoms with Crippen molar-refractivity contribution >= 4 is 21.4 Å². The quantitative estimate of drug-likeness (QED) is 0.856. The van der Waals surface area contributed by atoms with Crippen molar-refractivity contribution in [3.05, 3.63) is 24.3 Å². The Morgan fingerprint density at radius 3 is 2.78 bits per heavy atom. The molecule has 6 nitrogen and oxygen atoms in total. The number of ether oxygens (including phenoxy) is 2. The number of sulfone groups is 1. The fraction of sp³-hybridized carbons (Fsp3) is 0.562. The van der Waals surface area contributed by atoms with E-state index in [1.165, 1.54) is 6.07 Å². The van der Waals surface area contributed by atoms with Gasteiger partial charge < -0.3 is 14.8 Å². The predicted molar refractivity (Wildman–Crippen MR) is 87.2 cm³/mol. The summed E-state index contributed by atoms with van der Waals surface area (Å²) in [6.45, 7) is 2.74. The molecule has 128 valence electrons. The van der Waals surface area contributed by atoms with Crippen LogP contribution in [0.3, 0.4) is 0 Å². The summed E-state index contributed by atoms with van der Waals surface area (Å²) in [6.07, 6.45) is 3.56. The van der Waals surface area contributed by atoms with Crippen LogP contribution in [0.1, 0.15) is 26.2 Å². The second-order valence-electron chi connectivity index (χ2n) is 5.72. The Morgan fingerprint density at radius 2 is 2.13 bits per heavy atom. The molecule has 7 heteroatoms. The highest BCUT2D eigenvalue weighted by Gasteiger charge is 2.21. The van der Waals surface area contributed by atoms with Gasteiger partial charge in [-0.2, -0.15) is 0 Å². The van der Waals surface area contributed by atoms with E-state index in [1.54, 1.807) is 25.1 Å². The van der Waals surface area contributed by atoms with Crippen LogP contribution in [0.4, 0.5) is 5.69 Å². The van der Waals surface area contributed by atoms with Gasteiger partial charge in [-0.15, -0.1) is 0 Å². The van der Waals surface area contributed by atoms with E-state index in [4.69, 9.17) is 9.47 Å². The summed E-state index contributed by atoms with van der Waals surface area (Å²) in [5.74, 6) is -0.378. The van der Waals surface area contributed by atoms with Gasteiger partial charge in [0.2, 0.25) is 0 Å². The Balaban J connectivity index is 1.93. The molecule has 1 fully saturated rings. The third-order valence-electron chi connectivity index (χ3n) is 3.72. The van der Waals surface area contributed by atoms with E-state index in [1.807, 2.05) is 0 Å². The highest BCUT2D eigenvalue weighted by molar-refractivity contribution is 7.90. The number of hydrogen-bond acceptors (Lipinski definition) is 5. The third-order valence-corrected chi connectivity index (χ3v) is 4.87. The topological polar surface area (TPSA) is 81.7 Å². The van der Waals surface area contributed by atoms with Crippen molar-refractivity contribution in [1.29, 1.82) is 0 Å². The molecule has 1 saturated heterocycles. The summed E-state index contributed by atoms with van der Waals surface area (Å²) in [5.41, 5.74) is 0.268. The van der Waals surface area contributed by atoms with Gasteiger partial charge in [0, 0.05) is 12.9 Å². The van der Waals surface area contributed by atoms with E-state index >= 15 is 0 Å². The molecule has 23 heavy (non-hydrogen) atoms. The maximum absolute atomic E-state index is 12.2.